The summed E-state index contributed by atoms with van der Waals surface area (Å²) in [5, 5.41) is 38.2. The van der Waals surface area contributed by atoms with Gasteiger partial charge in [-0.25, -0.2) is 0 Å². The van der Waals surface area contributed by atoms with Crippen LogP contribution in [0.25, 0.3) is 0 Å². The van der Waals surface area contributed by atoms with Gasteiger partial charge in [-0.1, -0.05) is 42.5 Å². The minimum absolute atomic E-state index is 0.0826. The number of phenols is 1. The average Bonchev–Trinajstić information content (AvgIpc) is 2.84. The predicted octanol–water partition coefficient (Wildman–Crippen LogP) is 3.62. The summed E-state index contributed by atoms with van der Waals surface area (Å²) in [5.74, 6) is -6.69. The Labute approximate surface area is 212 Å². The number of nitro groups is 1. The van der Waals surface area contributed by atoms with E-state index < -0.39 is 63.7 Å². The Bertz CT molecular complexity index is 1340. The first-order chi connectivity index (χ1) is 17.6. The van der Waals surface area contributed by atoms with Gasteiger partial charge in [-0.05, 0) is 42.8 Å². The molecule has 4 N–H and O–H groups in total. The molecule has 0 saturated heterocycles. The number of nitrogens with zero attached hydrogens (tertiary/aromatic N) is 1. The van der Waals surface area contributed by atoms with Crippen LogP contribution in [0.3, 0.4) is 0 Å². The lowest BCUT2D eigenvalue weighted by Gasteiger charge is -2.44. The molecule has 37 heavy (non-hydrogen) atoms. The SMILES string of the molecule is CC1(O)CC(=O)C(C(=O)Nc2ccccc2)C(c2ccc(O)c([N+](=O)[O-])c2)C1C(=O)Nc1ccccc1. The number of nitrogens with one attached hydrogen (secondary N) is 2. The van der Waals surface area contributed by atoms with E-state index in [1.165, 1.54) is 13.0 Å². The molecule has 0 heterocycles. The van der Waals surface area contributed by atoms with E-state index in [4.69, 9.17) is 0 Å². The zero-order chi connectivity index (χ0) is 26.7. The highest BCUT2D eigenvalue weighted by atomic mass is 16.6. The van der Waals surface area contributed by atoms with E-state index in [0.717, 1.165) is 12.1 Å². The summed E-state index contributed by atoms with van der Waals surface area (Å²) in [5.41, 5.74) is -1.60. The molecule has 0 aromatic heterocycles. The van der Waals surface area contributed by atoms with Crippen molar-refractivity contribution in [3.63, 3.8) is 0 Å². The topological polar surface area (TPSA) is 159 Å². The van der Waals surface area contributed by atoms with Gasteiger partial charge in [0.15, 0.2) is 5.75 Å². The van der Waals surface area contributed by atoms with Gasteiger partial charge in [0.1, 0.15) is 11.7 Å². The zero-order valence-electron chi connectivity index (χ0n) is 19.8. The third-order valence-electron chi connectivity index (χ3n) is 6.50. The molecule has 3 aromatic rings. The van der Waals surface area contributed by atoms with Gasteiger partial charge >= 0.3 is 5.69 Å². The van der Waals surface area contributed by atoms with Crippen molar-refractivity contribution in [2.24, 2.45) is 11.8 Å². The number of rotatable bonds is 6. The van der Waals surface area contributed by atoms with Gasteiger partial charge in [-0.3, -0.25) is 24.5 Å². The molecule has 4 unspecified atom stereocenters. The average molecular weight is 504 g/mol. The first-order valence-electron chi connectivity index (χ1n) is 11.5. The van der Waals surface area contributed by atoms with Crippen LogP contribution in [0.4, 0.5) is 17.1 Å². The van der Waals surface area contributed by atoms with Crippen LogP contribution in [0.5, 0.6) is 5.75 Å². The molecule has 1 saturated carbocycles. The normalized spacial score (nSPS) is 23.2. The molecule has 2 amide bonds. The quantitative estimate of drug-likeness (QED) is 0.227. The number of anilines is 2. The maximum atomic E-state index is 13.6. The lowest BCUT2D eigenvalue weighted by atomic mass is 9.61. The minimum atomic E-state index is -1.88. The van der Waals surface area contributed by atoms with Crippen LogP contribution < -0.4 is 10.6 Å². The van der Waals surface area contributed by atoms with Gasteiger partial charge < -0.3 is 20.8 Å². The number of aliphatic hydroxyl groups is 1. The largest absolute Gasteiger partial charge is 0.502 e. The van der Waals surface area contributed by atoms with Gasteiger partial charge in [0.05, 0.1) is 16.4 Å². The van der Waals surface area contributed by atoms with Crippen molar-refractivity contribution < 1.29 is 29.5 Å². The molecule has 0 spiro atoms. The van der Waals surface area contributed by atoms with Crippen molar-refractivity contribution in [3.8, 4) is 5.75 Å². The van der Waals surface area contributed by atoms with E-state index in [9.17, 15) is 34.7 Å². The lowest BCUT2D eigenvalue weighted by molar-refractivity contribution is -0.386. The molecule has 0 aliphatic heterocycles. The molecule has 10 nitrogen and oxygen atoms in total. The summed E-state index contributed by atoms with van der Waals surface area (Å²) in [6.07, 6.45) is -0.483. The molecular weight excluding hydrogens is 478 g/mol. The maximum Gasteiger partial charge on any atom is 0.310 e. The molecule has 10 heteroatoms. The molecule has 1 aliphatic carbocycles. The number of carbonyl (C=O) groups is 3. The van der Waals surface area contributed by atoms with E-state index in [0.29, 0.717) is 11.4 Å². The maximum absolute atomic E-state index is 13.6. The number of amides is 2. The number of carbonyl (C=O) groups excluding carboxylic acids is 3. The van der Waals surface area contributed by atoms with Crippen molar-refractivity contribution in [2.45, 2.75) is 24.9 Å². The van der Waals surface area contributed by atoms with Crippen molar-refractivity contribution in [1.82, 2.24) is 0 Å². The zero-order valence-corrected chi connectivity index (χ0v) is 19.8. The first-order valence-corrected chi connectivity index (χ1v) is 11.5. The van der Waals surface area contributed by atoms with Crippen LogP contribution in [-0.2, 0) is 14.4 Å². The fourth-order valence-corrected chi connectivity index (χ4v) is 4.87. The summed E-state index contributed by atoms with van der Waals surface area (Å²) in [7, 11) is 0. The number of Topliss-reactive ketones (excluding diaryl/α,β-unsaturated/α-hetero) is 1. The van der Waals surface area contributed by atoms with Gasteiger partial charge in [0.2, 0.25) is 11.8 Å². The van der Waals surface area contributed by atoms with Gasteiger partial charge in [-0.2, -0.15) is 0 Å². The van der Waals surface area contributed by atoms with Crippen LogP contribution >= 0.6 is 0 Å². The number of nitro benzene ring substituents is 1. The molecule has 0 bridgehead atoms. The van der Waals surface area contributed by atoms with Crippen LogP contribution in [0.15, 0.2) is 78.9 Å². The number of aromatic hydroxyl groups is 1. The summed E-state index contributed by atoms with van der Waals surface area (Å²) in [4.78, 5) is 51.1. The molecule has 190 valence electrons. The fraction of sp³-hybridized carbons (Fsp3) is 0.222. The van der Waals surface area contributed by atoms with Gasteiger partial charge in [0, 0.05) is 29.8 Å². The number of phenolic OH excluding ortho intramolecular Hbond substituents is 1. The third kappa shape index (κ3) is 5.34. The van der Waals surface area contributed by atoms with E-state index in [1.807, 2.05) is 0 Å². The number of hydrogen-bond acceptors (Lipinski definition) is 7. The summed E-state index contributed by atoms with van der Waals surface area (Å²) >= 11 is 0. The highest BCUT2D eigenvalue weighted by Gasteiger charge is 2.56. The third-order valence-corrected chi connectivity index (χ3v) is 6.50. The van der Waals surface area contributed by atoms with E-state index in [1.54, 1.807) is 60.7 Å². The Hall–Kier alpha value is -4.57. The minimum Gasteiger partial charge on any atom is -0.502 e. The van der Waals surface area contributed by atoms with Crippen molar-refractivity contribution in [3.05, 3.63) is 94.5 Å². The molecule has 4 rings (SSSR count). The Morgan fingerprint density at radius 1 is 0.946 bits per heavy atom. The molecule has 4 atom stereocenters. The van der Waals surface area contributed by atoms with Crippen LogP contribution in [0, 0.1) is 22.0 Å². The first kappa shape index (κ1) is 25.5. The second-order valence-electron chi connectivity index (χ2n) is 9.20. The number of hydrogen-bond donors (Lipinski definition) is 4. The van der Waals surface area contributed by atoms with Crippen LogP contribution in [-0.4, -0.2) is 38.3 Å². The summed E-state index contributed by atoms with van der Waals surface area (Å²) in [6, 6.07) is 20.2. The van der Waals surface area contributed by atoms with Crippen LogP contribution in [0.1, 0.15) is 24.8 Å². The monoisotopic (exact) mass is 503 g/mol. The molecule has 1 aliphatic rings. The standard InChI is InChI=1S/C27H25N3O7/c1-27(35)15-21(32)23(25(33)28-17-8-4-2-5-9-17)22(16-12-13-20(31)19(14-16)30(36)37)24(27)26(34)29-18-10-6-3-7-11-18/h2-14,22-24,31,35H,15H2,1H3,(H,28,33)(H,29,34). The summed E-state index contributed by atoms with van der Waals surface area (Å²) in [6.45, 7) is 1.33. The summed E-state index contributed by atoms with van der Waals surface area (Å²) < 4.78 is 0. The molecule has 1 fully saturated rings. The Morgan fingerprint density at radius 3 is 2.03 bits per heavy atom. The molecular formula is C27H25N3O7. The number of ketones is 1. The van der Waals surface area contributed by atoms with E-state index >= 15 is 0 Å². The van der Waals surface area contributed by atoms with Gasteiger partial charge in [-0.15, -0.1) is 0 Å². The molecule has 3 aromatic carbocycles. The Morgan fingerprint density at radius 2 is 1.49 bits per heavy atom. The van der Waals surface area contributed by atoms with Crippen LogP contribution in [0.2, 0.25) is 0 Å². The second kappa shape index (κ2) is 10.2. The second-order valence-corrected chi connectivity index (χ2v) is 9.20. The Kier molecular flexibility index (Phi) is 7.03. The van der Waals surface area contributed by atoms with E-state index in [2.05, 4.69) is 10.6 Å². The van der Waals surface area contributed by atoms with Crippen molar-refractivity contribution in [2.75, 3.05) is 10.6 Å². The number of para-hydroxylation sites is 2. The van der Waals surface area contributed by atoms with E-state index in [-0.39, 0.29) is 5.56 Å². The fourth-order valence-electron chi connectivity index (χ4n) is 4.87. The Balaban J connectivity index is 1.83. The number of benzene rings is 3. The molecule has 0 radical (unpaired) electrons. The van der Waals surface area contributed by atoms with Gasteiger partial charge in [0.25, 0.3) is 0 Å². The predicted molar refractivity (Wildman–Crippen MR) is 135 cm³/mol. The highest BCUT2D eigenvalue weighted by molar-refractivity contribution is 6.10. The highest BCUT2D eigenvalue weighted by Crippen LogP contribution is 2.47. The van der Waals surface area contributed by atoms with Crippen molar-refractivity contribution in [1.29, 1.82) is 0 Å². The van der Waals surface area contributed by atoms with Crippen molar-refractivity contribution >= 4 is 34.7 Å². The lowest BCUT2D eigenvalue weighted by Crippen LogP contribution is -2.56. The smallest absolute Gasteiger partial charge is 0.310 e.